The minimum Gasteiger partial charge on any atom is -0.483 e. The van der Waals surface area contributed by atoms with E-state index >= 15 is 0 Å². The zero-order chi connectivity index (χ0) is 11.9. The molecule has 0 aromatic carbocycles. The lowest BCUT2D eigenvalue weighted by Gasteiger charge is -2.02. The number of rotatable bonds is 2. The van der Waals surface area contributed by atoms with Crippen LogP contribution in [0.15, 0.2) is 23.2 Å². The molecule has 0 aliphatic carbocycles. The molecule has 0 atom stereocenters. The van der Waals surface area contributed by atoms with E-state index in [0.717, 1.165) is 0 Å². The van der Waals surface area contributed by atoms with Crippen molar-refractivity contribution in [2.45, 2.75) is 4.90 Å². The highest BCUT2D eigenvalue weighted by Crippen LogP contribution is 2.17. The van der Waals surface area contributed by atoms with Crippen molar-refractivity contribution in [3.8, 4) is 5.88 Å². The molecule has 0 bridgehead atoms. The molecule has 7 nitrogen and oxygen atoms in total. The summed E-state index contributed by atoms with van der Waals surface area (Å²) in [5, 5.41) is 11.8. The van der Waals surface area contributed by atoms with Crippen molar-refractivity contribution in [1.29, 1.82) is 0 Å². The molecule has 8 heteroatoms. The van der Waals surface area contributed by atoms with E-state index in [-0.39, 0.29) is 17.2 Å². The van der Waals surface area contributed by atoms with Crippen molar-refractivity contribution in [3.05, 3.63) is 18.3 Å². The maximum Gasteiger partial charge on any atom is 0.290 e. The van der Waals surface area contributed by atoms with Gasteiger partial charge >= 0.3 is 0 Å². The molecule has 0 amide bonds. The number of carbonyl (C=O) groups is 1. The van der Waals surface area contributed by atoms with E-state index in [2.05, 4.69) is 4.98 Å². The van der Waals surface area contributed by atoms with E-state index < -0.39 is 10.0 Å². The van der Waals surface area contributed by atoms with Crippen molar-refractivity contribution in [1.82, 2.24) is 4.98 Å². The smallest absolute Gasteiger partial charge is 0.290 e. The Morgan fingerprint density at radius 2 is 2.13 bits per heavy atom. The van der Waals surface area contributed by atoms with Gasteiger partial charge < -0.3 is 9.84 Å². The lowest BCUT2D eigenvalue weighted by Crippen LogP contribution is -2.13. The van der Waals surface area contributed by atoms with Crippen LogP contribution in [0.4, 0.5) is 0 Å². The van der Waals surface area contributed by atoms with Gasteiger partial charge in [-0.25, -0.2) is 18.5 Å². The van der Waals surface area contributed by atoms with Gasteiger partial charge in [0.15, 0.2) is 0 Å². The number of pyridine rings is 1. The molecule has 3 N–H and O–H groups in total. The zero-order valence-corrected chi connectivity index (χ0v) is 8.64. The van der Waals surface area contributed by atoms with Crippen LogP contribution in [0.2, 0.25) is 0 Å². The summed E-state index contributed by atoms with van der Waals surface area (Å²) in [6.45, 7) is -0.250. The molecule has 1 heterocycles. The Hall–Kier alpha value is -1.67. The van der Waals surface area contributed by atoms with Crippen molar-refractivity contribution in [3.63, 3.8) is 0 Å². The van der Waals surface area contributed by atoms with E-state index in [1.54, 1.807) is 0 Å². The Bertz CT molecular complexity index is 417. The second-order valence-corrected chi connectivity index (χ2v) is 3.69. The van der Waals surface area contributed by atoms with Crippen LogP contribution in [0, 0.1) is 0 Å². The average Bonchev–Trinajstić information content (AvgIpc) is 2.18. The highest BCUT2D eigenvalue weighted by molar-refractivity contribution is 7.89. The molecule has 1 aromatic rings. The van der Waals surface area contributed by atoms with Crippen LogP contribution in [-0.2, 0) is 14.8 Å². The molecule has 1 rings (SSSR count). The van der Waals surface area contributed by atoms with Crippen molar-refractivity contribution >= 4 is 16.5 Å². The van der Waals surface area contributed by atoms with Crippen LogP contribution in [0.5, 0.6) is 5.88 Å². The van der Waals surface area contributed by atoms with Crippen LogP contribution in [-0.4, -0.2) is 32.1 Å². The van der Waals surface area contributed by atoms with E-state index in [1.165, 1.54) is 25.4 Å². The lowest BCUT2D eigenvalue weighted by atomic mass is 10.5. The first-order valence-corrected chi connectivity index (χ1v) is 5.11. The molecule has 84 valence electrons. The Balaban J connectivity index is 0.000000583. The Morgan fingerprint density at radius 3 is 2.47 bits per heavy atom. The van der Waals surface area contributed by atoms with Gasteiger partial charge in [-0.15, -0.1) is 0 Å². The fraction of sp³-hybridized carbons (Fsp3) is 0.143. The number of nitrogens with zero attached hydrogens (tertiary/aromatic N) is 1. The number of methoxy groups -OCH3 is 1. The summed E-state index contributed by atoms with van der Waals surface area (Å²) in [4.78, 5) is 11.9. The molecule has 0 spiro atoms. The number of hydrogen-bond acceptors (Lipinski definition) is 5. The van der Waals surface area contributed by atoms with E-state index in [4.69, 9.17) is 19.8 Å². The van der Waals surface area contributed by atoms with Gasteiger partial charge in [-0.1, -0.05) is 0 Å². The normalized spacial score (nSPS) is 9.73. The summed E-state index contributed by atoms with van der Waals surface area (Å²) >= 11 is 0. The fourth-order valence-corrected chi connectivity index (χ4v) is 1.39. The molecule has 1 aromatic heterocycles. The summed E-state index contributed by atoms with van der Waals surface area (Å²) in [6, 6.07) is 2.81. The maximum absolute atomic E-state index is 10.9. The summed E-state index contributed by atoms with van der Waals surface area (Å²) in [5.41, 5.74) is 0. The molecule has 0 unspecified atom stereocenters. The van der Waals surface area contributed by atoms with E-state index in [9.17, 15) is 8.42 Å². The second kappa shape index (κ2) is 5.94. The standard InChI is InChI=1S/C6H8N2O3S.CH2O2/c1-11-6-5(12(7,9)10)3-2-4-8-6;2-1-3/h2-4H,1H3,(H2,7,9,10);1H,(H,2,3). The van der Waals surface area contributed by atoms with Gasteiger partial charge in [0.25, 0.3) is 6.47 Å². The quantitative estimate of drug-likeness (QED) is 0.662. The minimum absolute atomic E-state index is 0.0139. The summed E-state index contributed by atoms with van der Waals surface area (Å²) in [6.07, 6.45) is 1.42. The lowest BCUT2D eigenvalue weighted by molar-refractivity contribution is -0.122. The number of ether oxygens (including phenoxy) is 1. The van der Waals surface area contributed by atoms with Crippen LogP contribution >= 0.6 is 0 Å². The fourth-order valence-electron chi connectivity index (χ4n) is 0.746. The SMILES string of the molecule is COc1ncccc1S(N)(=O)=O.O=CO. The van der Waals surface area contributed by atoms with Crippen LogP contribution < -0.4 is 9.88 Å². The number of primary sulfonamides is 1. The number of aromatic nitrogens is 1. The Labute approximate surface area is 86.6 Å². The molecule has 0 aliphatic heterocycles. The molecule has 0 saturated carbocycles. The summed E-state index contributed by atoms with van der Waals surface area (Å²) < 4.78 is 26.4. The molecule has 0 radical (unpaired) electrons. The first kappa shape index (κ1) is 13.3. The minimum atomic E-state index is -3.73. The average molecular weight is 234 g/mol. The topological polar surface area (TPSA) is 120 Å². The highest BCUT2D eigenvalue weighted by Gasteiger charge is 2.14. The predicted octanol–water partition coefficient (Wildman–Crippen LogP) is -0.562. The van der Waals surface area contributed by atoms with Gasteiger partial charge in [0.05, 0.1) is 7.11 Å². The molecule has 0 aliphatic rings. The monoisotopic (exact) mass is 234 g/mol. The van der Waals surface area contributed by atoms with E-state index in [1.807, 2.05) is 0 Å². The molecular formula is C7H10N2O5S. The van der Waals surface area contributed by atoms with Crippen molar-refractivity contribution in [2.24, 2.45) is 5.14 Å². The molecule has 15 heavy (non-hydrogen) atoms. The van der Waals surface area contributed by atoms with E-state index in [0.29, 0.717) is 0 Å². The number of carboxylic acid groups (broad SMARTS) is 1. The summed E-state index contributed by atoms with van der Waals surface area (Å²) in [5.74, 6) is 0.0139. The largest absolute Gasteiger partial charge is 0.483 e. The number of hydrogen-bond donors (Lipinski definition) is 2. The molecule has 0 saturated heterocycles. The van der Waals surface area contributed by atoms with Crippen molar-refractivity contribution in [2.75, 3.05) is 7.11 Å². The van der Waals surface area contributed by atoms with Gasteiger partial charge in [-0.3, -0.25) is 4.79 Å². The van der Waals surface area contributed by atoms with Gasteiger partial charge in [0, 0.05) is 6.20 Å². The van der Waals surface area contributed by atoms with Gasteiger partial charge in [0.2, 0.25) is 15.9 Å². The van der Waals surface area contributed by atoms with Gasteiger partial charge in [-0.05, 0) is 12.1 Å². The first-order chi connectivity index (χ1) is 6.97. The zero-order valence-electron chi connectivity index (χ0n) is 7.82. The Morgan fingerprint density at radius 1 is 1.60 bits per heavy atom. The third-order valence-electron chi connectivity index (χ3n) is 1.24. The second-order valence-electron chi connectivity index (χ2n) is 2.16. The summed E-state index contributed by atoms with van der Waals surface area (Å²) in [7, 11) is -2.40. The van der Waals surface area contributed by atoms with Gasteiger partial charge in [0.1, 0.15) is 4.90 Å². The van der Waals surface area contributed by atoms with Crippen LogP contribution in [0.1, 0.15) is 0 Å². The van der Waals surface area contributed by atoms with Crippen molar-refractivity contribution < 1.29 is 23.1 Å². The third kappa shape index (κ3) is 4.38. The first-order valence-electron chi connectivity index (χ1n) is 3.57. The number of nitrogens with two attached hydrogens (primary N) is 1. The van der Waals surface area contributed by atoms with Gasteiger partial charge in [-0.2, -0.15) is 0 Å². The maximum atomic E-state index is 10.9. The van der Waals surface area contributed by atoms with Crippen LogP contribution in [0.25, 0.3) is 0 Å². The third-order valence-corrected chi connectivity index (χ3v) is 2.16. The predicted molar refractivity (Wildman–Crippen MR) is 50.9 cm³/mol. The number of sulfonamides is 1. The Kier molecular flexibility index (Phi) is 5.27. The van der Waals surface area contributed by atoms with Crippen LogP contribution in [0.3, 0.4) is 0 Å². The molecule has 0 fully saturated rings. The highest BCUT2D eigenvalue weighted by atomic mass is 32.2. The molecular weight excluding hydrogens is 224 g/mol.